The van der Waals surface area contributed by atoms with Crippen LogP contribution in [0.3, 0.4) is 0 Å². The maximum Gasteiger partial charge on any atom is 0.237 e. The molecule has 0 aromatic carbocycles. The number of amides is 1. The van der Waals surface area contributed by atoms with Crippen LogP contribution in [0.2, 0.25) is 0 Å². The minimum Gasteiger partial charge on any atom is -0.334 e. The van der Waals surface area contributed by atoms with Crippen LogP contribution in [0.5, 0.6) is 0 Å². The molecule has 0 unspecified atom stereocenters. The van der Waals surface area contributed by atoms with Crippen LogP contribution >= 0.6 is 23.5 Å². The zero-order valence-corrected chi connectivity index (χ0v) is 15.0. The second kappa shape index (κ2) is 8.89. The monoisotopic (exact) mass is 352 g/mol. The van der Waals surface area contributed by atoms with E-state index in [0.29, 0.717) is 18.5 Å². The number of nitrogens with one attached hydrogen (secondary N) is 1. The van der Waals surface area contributed by atoms with Gasteiger partial charge in [0.25, 0.3) is 0 Å². The average molecular weight is 353 g/mol. The first-order valence-corrected chi connectivity index (χ1v) is 10.5. The van der Waals surface area contributed by atoms with Gasteiger partial charge in [-0.05, 0) is 32.4 Å². The Balaban J connectivity index is 1.75. The number of rotatable bonds is 4. The van der Waals surface area contributed by atoms with Crippen LogP contribution in [0.25, 0.3) is 0 Å². The minimum atomic E-state index is 0.106. The summed E-state index contributed by atoms with van der Waals surface area (Å²) in [6, 6.07) is 0.324. The van der Waals surface area contributed by atoms with Crippen molar-refractivity contribution in [3.8, 4) is 0 Å². The molecule has 1 aromatic heterocycles. The van der Waals surface area contributed by atoms with Gasteiger partial charge >= 0.3 is 0 Å². The lowest BCUT2D eigenvalue weighted by molar-refractivity contribution is -0.133. The molecule has 23 heavy (non-hydrogen) atoms. The Bertz CT molecular complexity index is 488. The van der Waals surface area contributed by atoms with Gasteiger partial charge in [0, 0.05) is 47.8 Å². The highest BCUT2D eigenvalue weighted by atomic mass is 32.2. The molecule has 0 saturated carbocycles. The molecule has 1 N–H and O–H groups in total. The van der Waals surface area contributed by atoms with E-state index in [1.54, 1.807) is 6.33 Å². The third kappa shape index (κ3) is 4.84. The zero-order valence-electron chi connectivity index (χ0n) is 13.3. The number of nitrogens with zero attached hydrogens (tertiary/aromatic N) is 3. The van der Waals surface area contributed by atoms with Gasteiger partial charge in [-0.1, -0.05) is 0 Å². The summed E-state index contributed by atoms with van der Waals surface area (Å²) in [6.07, 6.45) is 8.43. The molecule has 2 aliphatic rings. The molecule has 5 nitrogen and oxygen atoms in total. The average Bonchev–Trinajstić information content (AvgIpc) is 2.90. The predicted octanol–water partition coefficient (Wildman–Crippen LogP) is 1.80. The zero-order chi connectivity index (χ0) is 15.9. The molecule has 2 atom stereocenters. The van der Waals surface area contributed by atoms with Crippen LogP contribution in [0.1, 0.15) is 24.8 Å². The van der Waals surface area contributed by atoms with E-state index >= 15 is 0 Å². The van der Waals surface area contributed by atoms with E-state index in [4.69, 9.17) is 0 Å². The first-order valence-electron chi connectivity index (χ1n) is 8.29. The Morgan fingerprint density at radius 2 is 2.13 bits per heavy atom. The van der Waals surface area contributed by atoms with Gasteiger partial charge in [-0.2, -0.15) is 11.8 Å². The van der Waals surface area contributed by atoms with Crippen molar-refractivity contribution in [2.24, 2.45) is 0 Å². The number of carbonyl (C=O) groups is 1. The first kappa shape index (κ1) is 17.0. The number of hydrogen-bond donors (Lipinski definition) is 1. The molecule has 7 heteroatoms. The fourth-order valence-corrected chi connectivity index (χ4v) is 5.74. The predicted molar refractivity (Wildman–Crippen MR) is 96.7 cm³/mol. The van der Waals surface area contributed by atoms with E-state index in [9.17, 15) is 4.79 Å². The minimum absolute atomic E-state index is 0.106. The Kier molecular flexibility index (Phi) is 6.59. The number of hydrogen-bond acceptors (Lipinski definition) is 6. The SMILES string of the molecule is O=C([C@@H]1CSCCS1)N(Cc1cncnc1)[C@@H]1CCCNCC1. The third-order valence-corrected chi connectivity index (χ3v) is 7.07. The third-order valence-electron chi connectivity index (χ3n) is 4.33. The molecule has 1 amide bonds. The quantitative estimate of drug-likeness (QED) is 0.892. The van der Waals surface area contributed by atoms with Crippen molar-refractivity contribution in [1.29, 1.82) is 0 Å². The highest BCUT2D eigenvalue weighted by Crippen LogP contribution is 2.28. The van der Waals surface area contributed by atoms with E-state index in [0.717, 1.165) is 55.2 Å². The summed E-state index contributed by atoms with van der Waals surface area (Å²) in [6.45, 7) is 2.68. The van der Waals surface area contributed by atoms with Crippen molar-refractivity contribution in [3.63, 3.8) is 0 Å². The van der Waals surface area contributed by atoms with E-state index < -0.39 is 0 Å². The van der Waals surface area contributed by atoms with Gasteiger partial charge in [0.05, 0.1) is 5.25 Å². The largest absolute Gasteiger partial charge is 0.334 e. The van der Waals surface area contributed by atoms with Crippen molar-refractivity contribution in [3.05, 3.63) is 24.3 Å². The molecule has 0 aliphatic carbocycles. The topological polar surface area (TPSA) is 58.1 Å². The van der Waals surface area contributed by atoms with Crippen LogP contribution in [0.4, 0.5) is 0 Å². The molecule has 3 rings (SSSR count). The standard InChI is InChI=1S/C16H24N4OS2/c21-16(15-11-22-6-7-23-15)20(10-13-8-18-12-19-9-13)14-2-1-4-17-5-3-14/h8-9,12,14-15,17H,1-7,10-11H2/t14-,15+/m1/s1. The number of aromatic nitrogens is 2. The van der Waals surface area contributed by atoms with E-state index in [2.05, 4.69) is 20.2 Å². The van der Waals surface area contributed by atoms with Crippen molar-refractivity contribution < 1.29 is 4.79 Å². The first-order chi connectivity index (χ1) is 11.3. The van der Waals surface area contributed by atoms with Crippen LogP contribution in [0, 0.1) is 0 Å². The van der Waals surface area contributed by atoms with E-state index in [1.807, 2.05) is 35.9 Å². The second-order valence-electron chi connectivity index (χ2n) is 5.98. The fraction of sp³-hybridized carbons (Fsp3) is 0.688. The lowest BCUT2D eigenvalue weighted by Gasteiger charge is -2.34. The summed E-state index contributed by atoms with van der Waals surface area (Å²) in [5, 5.41) is 3.55. The van der Waals surface area contributed by atoms with Crippen LogP contribution < -0.4 is 5.32 Å². The Morgan fingerprint density at radius 3 is 2.91 bits per heavy atom. The van der Waals surface area contributed by atoms with Gasteiger partial charge < -0.3 is 10.2 Å². The Hall–Kier alpha value is -0.790. The molecule has 2 fully saturated rings. The molecule has 126 valence electrons. The summed E-state index contributed by atoms with van der Waals surface area (Å²) >= 11 is 3.72. The Labute approximate surface area is 146 Å². The van der Waals surface area contributed by atoms with Gasteiger partial charge in [0.1, 0.15) is 6.33 Å². The molecule has 2 aliphatic heterocycles. The fourth-order valence-electron chi connectivity index (χ4n) is 3.12. The van der Waals surface area contributed by atoms with E-state index in [1.165, 1.54) is 0 Å². The summed E-state index contributed by atoms with van der Waals surface area (Å²) in [4.78, 5) is 23.5. The summed E-state index contributed by atoms with van der Waals surface area (Å²) in [7, 11) is 0. The highest BCUT2D eigenvalue weighted by Gasteiger charge is 2.31. The van der Waals surface area contributed by atoms with Crippen LogP contribution in [-0.2, 0) is 11.3 Å². The smallest absolute Gasteiger partial charge is 0.237 e. The van der Waals surface area contributed by atoms with Gasteiger partial charge in [-0.3, -0.25) is 4.79 Å². The van der Waals surface area contributed by atoms with E-state index in [-0.39, 0.29) is 5.25 Å². The van der Waals surface area contributed by atoms with Crippen molar-refractivity contribution in [2.45, 2.75) is 37.1 Å². The molecule has 0 spiro atoms. The molecule has 3 heterocycles. The maximum atomic E-state index is 13.1. The summed E-state index contributed by atoms with van der Waals surface area (Å²) < 4.78 is 0. The normalized spacial score (nSPS) is 25.6. The molecule has 1 aromatic rings. The van der Waals surface area contributed by atoms with Gasteiger partial charge in [-0.25, -0.2) is 9.97 Å². The summed E-state index contributed by atoms with van der Waals surface area (Å²) in [5.41, 5.74) is 1.02. The van der Waals surface area contributed by atoms with Crippen molar-refractivity contribution in [1.82, 2.24) is 20.2 Å². The lowest BCUT2D eigenvalue weighted by atomic mass is 10.1. The van der Waals surface area contributed by atoms with Gasteiger partial charge in [0.2, 0.25) is 5.91 Å². The summed E-state index contributed by atoms with van der Waals surface area (Å²) in [5.74, 6) is 3.48. The lowest BCUT2D eigenvalue weighted by Crippen LogP contribution is -2.46. The number of carbonyl (C=O) groups excluding carboxylic acids is 1. The molecule has 2 saturated heterocycles. The van der Waals surface area contributed by atoms with Crippen molar-refractivity contribution in [2.75, 3.05) is 30.3 Å². The Morgan fingerprint density at radius 1 is 1.26 bits per heavy atom. The maximum absolute atomic E-state index is 13.1. The molecule has 0 radical (unpaired) electrons. The van der Waals surface area contributed by atoms with Crippen molar-refractivity contribution >= 4 is 29.4 Å². The van der Waals surface area contributed by atoms with Crippen LogP contribution in [-0.4, -0.2) is 62.4 Å². The second-order valence-corrected chi connectivity index (χ2v) is 8.44. The molecule has 0 bridgehead atoms. The van der Waals surface area contributed by atoms with Gasteiger partial charge in [-0.15, -0.1) is 11.8 Å². The highest BCUT2D eigenvalue weighted by molar-refractivity contribution is 8.07. The van der Waals surface area contributed by atoms with Crippen LogP contribution in [0.15, 0.2) is 18.7 Å². The molecular formula is C16H24N4OS2. The van der Waals surface area contributed by atoms with Gasteiger partial charge in [0.15, 0.2) is 0 Å². The number of thioether (sulfide) groups is 2. The molecular weight excluding hydrogens is 328 g/mol.